The second-order valence-corrected chi connectivity index (χ2v) is 6.02. The van der Waals surface area contributed by atoms with Crippen molar-refractivity contribution in [3.8, 4) is 22.6 Å². The number of hydrogen-bond acceptors (Lipinski definition) is 6. The molecule has 0 aliphatic carbocycles. The van der Waals surface area contributed by atoms with Gasteiger partial charge in [-0.2, -0.15) is 8.42 Å². The molecule has 0 aromatic heterocycles. The summed E-state index contributed by atoms with van der Waals surface area (Å²) in [6.45, 7) is 5.59. The molecule has 0 unspecified atom stereocenters. The molecule has 2 aromatic rings. The van der Waals surface area contributed by atoms with E-state index in [2.05, 4.69) is 0 Å². The molecule has 0 spiro atoms. The maximum absolute atomic E-state index is 9.19. The van der Waals surface area contributed by atoms with Gasteiger partial charge in [-0.15, -0.1) is 0 Å². The molecule has 0 aliphatic rings. The molecule has 3 N–H and O–H groups in total. The van der Waals surface area contributed by atoms with Crippen LogP contribution >= 0.6 is 0 Å². The normalized spacial score (nSPS) is 7.88. The standard InChI is InChI=1S/C14H14O3.C2H6O.C2H6.CH4O3S.4CH4.Y/c1-16-12-7-8-14(17-10-15)13(9-12)11-5-3-2-4-6-11;1-2-3;1-2;1-5(2,3)4;;;;;/h2-9,15H,10H2,1H3;3H,2H2,1H3;1-2H3;1H3,(H,2,3,4);4*1H4;. The van der Waals surface area contributed by atoms with Gasteiger partial charge in [0.2, 0.25) is 0 Å². The first kappa shape index (κ1) is 48.4. The fraction of sp³-hybridized carbons (Fsp3) is 0.478. The molecule has 0 aliphatic heterocycles. The molecule has 9 heteroatoms. The van der Waals surface area contributed by atoms with Crippen molar-refractivity contribution in [3.05, 3.63) is 48.5 Å². The maximum Gasteiger partial charge on any atom is 0.261 e. The summed E-state index contributed by atoms with van der Waals surface area (Å²) in [5.41, 5.74) is 1.92. The molecule has 0 amide bonds. The smallest absolute Gasteiger partial charge is 0.261 e. The fourth-order valence-corrected chi connectivity index (χ4v) is 1.67. The predicted octanol–water partition coefficient (Wildman–Crippen LogP) is 5.76. The summed E-state index contributed by atoms with van der Waals surface area (Å²) in [6, 6.07) is 15.3. The van der Waals surface area contributed by atoms with Gasteiger partial charge in [0.1, 0.15) is 11.5 Å². The fourth-order valence-electron chi connectivity index (χ4n) is 1.67. The zero-order valence-electron chi connectivity index (χ0n) is 17.0. The Morgan fingerprint density at radius 2 is 1.31 bits per heavy atom. The van der Waals surface area contributed by atoms with E-state index in [0.29, 0.717) is 12.0 Å². The summed E-state index contributed by atoms with van der Waals surface area (Å²) in [6.07, 6.45) is 0.715. The summed E-state index contributed by atoms with van der Waals surface area (Å²) in [4.78, 5) is 0. The van der Waals surface area contributed by atoms with Crippen LogP contribution in [0, 0.1) is 0 Å². The van der Waals surface area contributed by atoms with Crippen molar-refractivity contribution in [2.75, 3.05) is 26.8 Å². The third kappa shape index (κ3) is 27.0. The average Bonchev–Trinajstić information content (AvgIpc) is 2.64. The van der Waals surface area contributed by atoms with E-state index in [1.54, 1.807) is 26.2 Å². The molecule has 32 heavy (non-hydrogen) atoms. The summed E-state index contributed by atoms with van der Waals surface area (Å²) in [5.74, 6) is 1.40. The Morgan fingerprint density at radius 1 is 0.906 bits per heavy atom. The van der Waals surface area contributed by atoms with E-state index in [4.69, 9.17) is 24.2 Å². The average molecular weight is 556 g/mol. The van der Waals surface area contributed by atoms with Gasteiger partial charge in [-0.1, -0.05) is 73.9 Å². The van der Waals surface area contributed by atoms with Crippen LogP contribution in [-0.2, 0) is 42.8 Å². The van der Waals surface area contributed by atoms with Crippen molar-refractivity contribution in [2.45, 2.75) is 50.5 Å². The molecule has 1 radical (unpaired) electrons. The Bertz CT molecular complexity index is 702. The molecule has 0 saturated heterocycles. The van der Waals surface area contributed by atoms with E-state index in [1.165, 1.54) is 0 Å². The van der Waals surface area contributed by atoms with Crippen molar-refractivity contribution in [3.63, 3.8) is 0 Å². The van der Waals surface area contributed by atoms with Crippen LogP contribution in [0.25, 0.3) is 11.1 Å². The largest absolute Gasteiger partial charge is 0.497 e. The van der Waals surface area contributed by atoms with Crippen molar-refractivity contribution >= 4 is 10.1 Å². The molecule has 0 heterocycles. The van der Waals surface area contributed by atoms with E-state index >= 15 is 0 Å². The third-order valence-electron chi connectivity index (χ3n) is 2.49. The molecule has 2 aromatic carbocycles. The van der Waals surface area contributed by atoms with Gasteiger partial charge in [-0.25, -0.2) is 0 Å². The number of aliphatic hydroxyl groups is 2. The van der Waals surface area contributed by atoms with E-state index < -0.39 is 10.1 Å². The van der Waals surface area contributed by atoms with Gasteiger partial charge in [-0.3, -0.25) is 4.55 Å². The summed E-state index contributed by atoms with van der Waals surface area (Å²) in [5, 5.41) is 16.4. The second-order valence-electron chi connectivity index (χ2n) is 4.55. The quantitative estimate of drug-likeness (QED) is 0.325. The summed E-state index contributed by atoms with van der Waals surface area (Å²) < 4.78 is 36.3. The minimum Gasteiger partial charge on any atom is -0.497 e. The summed E-state index contributed by atoms with van der Waals surface area (Å²) in [7, 11) is -2.04. The van der Waals surface area contributed by atoms with Crippen LogP contribution in [-0.4, -0.2) is 49.9 Å². The SMILES string of the molecule is C.C.C.C.CC.CCO.COc1ccc(OCO)c(-c2ccccc2)c1.CS(=O)(=O)O.[Y]. The molecule has 2 rings (SSSR count). The molecule has 0 saturated carbocycles. The van der Waals surface area contributed by atoms with E-state index in [1.807, 2.05) is 50.2 Å². The number of methoxy groups -OCH3 is 1. The van der Waals surface area contributed by atoms with Crippen LogP contribution in [0.4, 0.5) is 0 Å². The Hall–Kier alpha value is -1.03. The van der Waals surface area contributed by atoms with Crippen molar-refractivity contribution in [1.29, 1.82) is 0 Å². The van der Waals surface area contributed by atoms with Crippen LogP contribution < -0.4 is 9.47 Å². The first-order chi connectivity index (χ1) is 12.8. The van der Waals surface area contributed by atoms with Crippen LogP contribution in [0.15, 0.2) is 48.5 Å². The van der Waals surface area contributed by atoms with Gasteiger partial charge in [0.15, 0.2) is 6.79 Å². The third-order valence-corrected chi connectivity index (χ3v) is 2.49. The van der Waals surface area contributed by atoms with Crippen molar-refractivity contribution in [1.82, 2.24) is 0 Å². The van der Waals surface area contributed by atoms with E-state index in [-0.39, 0.29) is 75.8 Å². The predicted molar refractivity (Wildman–Crippen MR) is 135 cm³/mol. The van der Waals surface area contributed by atoms with E-state index in [9.17, 15) is 8.42 Å². The zero-order valence-corrected chi connectivity index (χ0v) is 20.6. The van der Waals surface area contributed by atoms with Gasteiger partial charge in [0, 0.05) is 44.9 Å². The van der Waals surface area contributed by atoms with Crippen molar-refractivity contribution in [2.24, 2.45) is 0 Å². The number of rotatable bonds is 4. The minimum atomic E-state index is -3.67. The first-order valence-electron chi connectivity index (χ1n) is 8.27. The Morgan fingerprint density at radius 3 is 1.66 bits per heavy atom. The molecular formula is C23H46O7SY. The van der Waals surface area contributed by atoms with E-state index in [0.717, 1.165) is 16.9 Å². The molecular weight excluding hydrogens is 509 g/mol. The number of ether oxygens (including phenoxy) is 2. The maximum atomic E-state index is 9.19. The van der Waals surface area contributed by atoms with Crippen LogP contribution in [0.2, 0.25) is 0 Å². The van der Waals surface area contributed by atoms with Crippen LogP contribution in [0.5, 0.6) is 11.5 Å². The van der Waals surface area contributed by atoms with Gasteiger partial charge >= 0.3 is 0 Å². The molecule has 0 fully saturated rings. The topological polar surface area (TPSA) is 113 Å². The van der Waals surface area contributed by atoms with Crippen LogP contribution in [0.1, 0.15) is 50.5 Å². The number of aliphatic hydroxyl groups excluding tert-OH is 2. The van der Waals surface area contributed by atoms with Gasteiger partial charge in [0.25, 0.3) is 10.1 Å². The molecule has 0 atom stereocenters. The monoisotopic (exact) mass is 555 g/mol. The summed E-state index contributed by atoms with van der Waals surface area (Å²) >= 11 is 0. The number of benzene rings is 2. The van der Waals surface area contributed by atoms with Crippen molar-refractivity contribution < 1.29 is 65.4 Å². The van der Waals surface area contributed by atoms with Gasteiger partial charge < -0.3 is 19.7 Å². The Labute approximate surface area is 222 Å². The van der Waals surface area contributed by atoms with Gasteiger partial charge in [-0.05, 0) is 30.7 Å². The molecule has 7 nitrogen and oxygen atoms in total. The van der Waals surface area contributed by atoms with Crippen LogP contribution in [0.3, 0.4) is 0 Å². The Kier molecular flexibility index (Phi) is 45.4. The second kappa shape index (κ2) is 30.0. The van der Waals surface area contributed by atoms with Gasteiger partial charge in [0.05, 0.1) is 13.4 Å². The molecule has 0 bridgehead atoms. The minimum absolute atomic E-state index is 0. The zero-order chi connectivity index (χ0) is 21.3. The number of hydrogen-bond donors (Lipinski definition) is 3. The Balaban J connectivity index is -0.0000000725. The first-order valence-corrected chi connectivity index (χ1v) is 10.1. The molecule has 189 valence electrons.